The van der Waals surface area contributed by atoms with Gasteiger partial charge in [-0.15, -0.1) is 0 Å². The van der Waals surface area contributed by atoms with Gasteiger partial charge in [0.15, 0.2) is 0 Å². The first-order valence-electron chi connectivity index (χ1n) is 12.5. The number of nitrogens with zero attached hydrogens (tertiary/aromatic N) is 2. The van der Waals surface area contributed by atoms with Crippen molar-refractivity contribution in [2.45, 2.75) is 32.0 Å². The maximum Gasteiger partial charge on any atom is 0.246 e. The Labute approximate surface area is 215 Å². The summed E-state index contributed by atoms with van der Waals surface area (Å²) in [6, 6.07) is 20.7. The molecule has 7 nitrogen and oxygen atoms in total. The monoisotopic (exact) mass is 495 g/mol. The van der Waals surface area contributed by atoms with Crippen molar-refractivity contribution >= 4 is 22.7 Å². The summed E-state index contributed by atoms with van der Waals surface area (Å²) in [5, 5.41) is 1.07. The quantitative estimate of drug-likeness (QED) is 0.446. The molecule has 2 aliphatic heterocycles. The highest BCUT2D eigenvalue weighted by molar-refractivity contribution is 5.97. The maximum atomic E-state index is 13.9. The Balaban J connectivity index is 1.47. The van der Waals surface area contributed by atoms with E-state index >= 15 is 0 Å². The Morgan fingerprint density at radius 2 is 1.76 bits per heavy atom. The highest BCUT2D eigenvalue weighted by Gasteiger charge is 2.48. The number of carbonyl (C=O) groups excluding carboxylic acids is 2. The zero-order valence-electron chi connectivity index (χ0n) is 21.2. The van der Waals surface area contributed by atoms with E-state index < -0.39 is 12.1 Å². The summed E-state index contributed by atoms with van der Waals surface area (Å²) in [6.45, 7) is 2.48. The van der Waals surface area contributed by atoms with E-state index in [2.05, 4.69) is 11.1 Å². The molecular formula is C30H29N3O4. The van der Waals surface area contributed by atoms with Crippen molar-refractivity contribution in [3.05, 3.63) is 94.7 Å². The average Bonchev–Trinajstić information content (AvgIpc) is 3.29. The largest absolute Gasteiger partial charge is 0.497 e. The van der Waals surface area contributed by atoms with Crippen LogP contribution in [0.2, 0.25) is 0 Å². The Bertz CT molecular complexity index is 1510. The van der Waals surface area contributed by atoms with E-state index in [9.17, 15) is 9.59 Å². The van der Waals surface area contributed by atoms with E-state index in [0.29, 0.717) is 24.5 Å². The molecule has 0 radical (unpaired) electrons. The van der Waals surface area contributed by atoms with Gasteiger partial charge < -0.3 is 24.3 Å². The van der Waals surface area contributed by atoms with E-state index in [0.717, 1.165) is 38.9 Å². The van der Waals surface area contributed by atoms with Crippen molar-refractivity contribution in [2.24, 2.45) is 0 Å². The number of methoxy groups -OCH3 is 2. The highest BCUT2D eigenvalue weighted by atomic mass is 16.5. The molecule has 6 rings (SSSR count). The molecule has 2 amide bonds. The standard InChI is InChI=1S/C30H29N3O4/c1-18-8-10-19(11-9-18)16-32-17-27(34)33-25(30(32)35)15-23-21-6-4-5-7-24(21)31-28(23)29(33)22-13-12-20(36-2)14-26(22)37-3/h4-14,25,29,31H,15-17H2,1-3H3/t25-,29+/m0/s1. The molecular weight excluding hydrogens is 466 g/mol. The Kier molecular flexibility index (Phi) is 5.63. The van der Waals surface area contributed by atoms with Gasteiger partial charge in [0, 0.05) is 41.2 Å². The van der Waals surface area contributed by atoms with Crippen molar-refractivity contribution < 1.29 is 19.1 Å². The molecule has 1 aromatic heterocycles. The first-order valence-corrected chi connectivity index (χ1v) is 12.5. The van der Waals surface area contributed by atoms with Crippen LogP contribution in [-0.4, -0.2) is 53.4 Å². The number of benzene rings is 3. The van der Waals surface area contributed by atoms with Gasteiger partial charge in [0.05, 0.1) is 14.2 Å². The van der Waals surface area contributed by atoms with Crippen LogP contribution in [-0.2, 0) is 22.6 Å². The summed E-state index contributed by atoms with van der Waals surface area (Å²) in [7, 11) is 3.22. The minimum atomic E-state index is -0.602. The SMILES string of the molecule is COc1ccc([C@@H]2c3[nH]c4ccccc4c3C[C@H]3C(=O)N(Cc4ccc(C)cc4)CC(=O)N23)c(OC)c1. The topological polar surface area (TPSA) is 74.9 Å². The number of ether oxygens (including phenoxy) is 2. The minimum Gasteiger partial charge on any atom is -0.497 e. The number of nitrogens with one attached hydrogen (secondary N) is 1. The van der Waals surface area contributed by atoms with E-state index in [1.807, 2.05) is 67.6 Å². The fourth-order valence-corrected chi connectivity index (χ4v) is 5.74. The molecule has 0 aliphatic carbocycles. The van der Waals surface area contributed by atoms with E-state index in [-0.39, 0.29) is 18.4 Å². The van der Waals surface area contributed by atoms with Crippen molar-refractivity contribution in [1.82, 2.24) is 14.8 Å². The average molecular weight is 496 g/mol. The van der Waals surface area contributed by atoms with Gasteiger partial charge in [-0.3, -0.25) is 9.59 Å². The van der Waals surface area contributed by atoms with E-state index in [4.69, 9.17) is 9.47 Å². The second-order valence-corrected chi connectivity index (χ2v) is 9.77. The van der Waals surface area contributed by atoms with Gasteiger partial charge in [-0.25, -0.2) is 0 Å². The minimum absolute atomic E-state index is 0.0337. The number of aryl methyl sites for hydroxylation is 1. The number of rotatable bonds is 5. The number of para-hydroxylation sites is 1. The highest BCUT2D eigenvalue weighted by Crippen LogP contribution is 2.45. The van der Waals surface area contributed by atoms with Crippen molar-refractivity contribution in [2.75, 3.05) is 20.8 Å². The normalized spacial score (nSPS) is 19.1. The smallest absolute Gasteiger partial charge is 0.246 e. The number of aromatic amines is 1. The number of H-pyrrole nitrogens is 1. The third-order valence-corrected chi connectivity index (χ3v) is 7.57. The zero-order valence-corrected chi connectivity index (χ0v) is 21.2. The van der Waals surface area contributed by atoms with Crippen LogP contribution in [0.4, 0.5) is 0 Å². The molecule has 1 N–H and O–H groups in total. The van der Waals surface area contributed by atoms with Crippen LogP contribution < -0.4 is 9.47 Å². The molecule has 2 atom stereocenters. The first kappa shape index (κ1) is 23.2. The van der Waals surface area contributed by atoms with Gasteiger partial charge in [-0.05, 0) is 36.2 Å². The molecule has 37 heavy (non-hydrogen) atoms. The lowest BCUT2D eigenvalue weighted by molar-refractivity contribution is -0.159. The molecule has 7 heteroatoms. The fourth-order valence-electron chi connectivity index (χ4n) is 5.74. The Morgan fingerprint density at radius 3 is 2.51 bits per heavy atom. The second kappa shape index (κ2) is 9.00. The molecule has 3 heterocycles. The molecule has 0 bridgehead atoms. The number of fused-ring (bicyclic) bond motifs is 4. The predicted molar refractivity (Wildman–Crippen MR) is 141 cm³/mol. The van der Waals surface area contributed by atoms with Crippen LogP contribution >= 0.6 is 0 Å². The van der Waals surface area contributed by atoms with E-state index in [1.165, 1.54) is 0 Å². The first-order chi connectivity index (χ1) is 18.0. The molecule has 1 saturated heterocycles. The van der Waals surface area contributed by atoms with Crippen LogP contribution in [0.5, 0.6) is 11.5 Å². The van der Waals surface area contributed by atoms with Crippen molar-refractivity contribution in [3.63, 3.8) is 0 Å². The van der Waals surface area contributed by atoms with Crippen molar-refractivity contribution in [3.8, 4) is 11.5 Å². The lowest BCUT2D eigenvalue weighted by Gasteiger charge is -2.47. The zero-order chi connectivity index (χ0) is 25.7. The Hall–Kier alpha value is -4.26. The summed E-state index contributed by atoms with van der Waals surface area (Å²) in [6.07, 6.45) is 0.462. The van der Waals surface area contributed by atoms with Crippen LogP contribution in [0.25, 0.3) is 10.9 Å². The number of hydrogen-bond acceptors (Lipinski definition) is 4. The van der Waals surface area contributed by atoms with E-state index in [1.54, 1.807) is 24.0 Å². The van der Waals surface area contributed by atoms with Gasteiger partial charge in [-0.2, -0.15) is 0 Å². The lowest BCUT2D eigenvalue weighted by Crippen LogP contribution is -2.62. The fraction of sp³-hybridized carbons (Fsp3) is 0.267. The molecule has 0 unspecified atom stereocenters. The molecule has 1 fully saturated rings. The third-order valence-electron chi connectivity index (χ3n) is 7.57. The summed E-state index contributed by atoms with van der Waals surface area (Å²) in [5.41, 5.74) is 5.96. The van der Waals surface area contributed by atoms with Gasteiger partial charge >= 0.3 is 0 Å². The van der Waals surface area contributed by atoms with Crippen LogP contribution in [0.1, 0.15) is 34.0 Å². The molecule has 0 saturated carbocycles. The molecule has 188 valence electrons. The summed E-state index contributed by atoms with van der Waals surface area (Å²) >= 11 is 0. The van der Waals surface area contributed by atoms with Crippen molar-refractivity contribution in [1.29, 1.82) is 0 Å². The maximum absolute atomic E-state index is 13.9. The number of amides is 2. The molecule has 4 aromatic rings. The summed E-state index contributed by atoms with van der Waals surface area (Å²) in [5.74, 6) is 1.16. The number of aromatic nitrogens is 1. The van der Waals surface area contributed by atoms with Crippen LogP contribution in [0.15, 0.2) is 66.7 Å². The number of hydrogen-bond donors (Lipinski definition) is 1. The number of piperazine rings is 1. The van der Waals surface area contributed by atoms with Gasteiger partial charge in [0.1, 0.15) is 30.1 Å². The third kappa shape index (κ3) is 3.82. The van der Waals surface area contributed by atoms with Gasteiger partial charge in [0.2, 0.25) is 11.8 Å². The summed E-state index contributed by atoms with van der Waals surface area (Å²) < 4.78 is 11.2. The van der Waals surface area contributed by atoms with Crippen LogP contribution in [0.3, 0.4) is 0 Å². The molecule has 3 aromatic carbocycles. The van der Waals surface area contributed by atoms with Crippen LogP contribution in [0, 0.1) is 6.92 Å². The summed E-state index contributed by atoms with van der Waals surface area (Å²) in [4.78, 5) is 34.8. The predicted octanol–water partition coefficient (Wildman–Crippen LogP) is 4.38. The van der Waals surface area contributed by atoms with Gasteiger partial charge in [0.25, 0.3) is 0 Å². The lowest BCUT2D eigenvalue weighted by atomic mass is 9.85. The number of carbonyl (C=O) groups is 2. The molecule has 0 spiro atoms. The second-order valence-electron chi connectivity index (χ2n) is 9.77. The Morgan fingerprint density at radius 1 is 0.973 bits per heavy atom. The van der Waals surface area contributed by atoms with Gasteiger partial charge in [-0.1, -0.05) is 48.0 Å². The molecule has 2 aliphatic rings.